The zero-order valence-electron chi connectivity index (χ0n) is 23.8. The van der Waals surface area contributed by atoms with E-state index in [0.29, 0.717) is 57.2 Å². The van der Waals surface area contributed by atoms with Gasteiger partial charge < -0.3 is 24.3 Å². The van der Waals surface area contributed by atoms with Crippen LogP contribution in [0.4, 0.5) is 0 Å². The zero-order chi connectivity index (χ0) is 27.3. The van der Waals surface area contributed by atoms with Gasteiger partial charge in [-0.3, -0.25) is 0 Å². The fraction of sp³-hybridized carbons (Fsp3) is 0.485. The van der Waals surface area contributed by atoms with E-state index in [0.717, 1.165) is 6.42 Å². The Balaban J connectivity index is 0.00000441. The Kier molecular flexibility index (Phi) is 13.9. The third-order valence-electron chi connectivity index (χ3n) is 7.48. The number of fused-ring (bicyclic) bond motifs is 1. The first kappa shape index (κ1) is 32.0. The predicted molar refractivity (Wildman–Crippen MR) is 163 cm³/mol. The SMILES string of the molecule is CCOCCOCCOCCOC(=O)c1ccc([C@H]2CCC[C@H](N[C@H](C)c3cccc4ccccc34)C2)cc1.Cl. The van der Waals surface area contributed by atoms with Gasteiger partial charge in [-0.2, -0.15) is 0 Å². The van der Waals surface area contributed by atoms with Crippen LogP contribution >= 0.6 is 12.4 Å². The molecule has 0 radical (unpaired) electrons. The smallest absolute Gasteiger partial charge is 0.338 e. The minimum atomic E-state index is -0.315. The van der Waals surface area contributed by atoms with Crippen LogP contribution in [0.15, 0.2) is 66.7 Å². The minimum absolute atomic E-state index is 0. The monoisotopic (exact) mass is 569 g/mol. The van der Waals surface area contributed by atoms with Gasteiger partial charge in [0.1, 0.15) is 6.61 Å². The van der Waals surface area contributed by atoms with E-state index in [-0.39, 0.29) is 31.0 Å². The van der Waals surface area contributed by atoms with E-state index in [9.17, 15) is 4.79 Å². The number of rotatable bonds is 15. The van der Waals surface area contributed by atoms with Crippen LogP contribution < -0.4 is 5.32 Å². The molecule has 3 atom stereocenters. The van der Waals surface area contributed by atoms with Crippen LogP contribution in [0.25, 0.3) is 10.8 Å². The summed E-state index contributed by atoms with van der Waals surface area (Å²) in [5.74, 6) is 0.176. The normalized spacial score (nSPS) is 17.8. The van der Waals surface area contributed by atoms with Gasteiger partial charge in [-0.05, 0) is 73.1 Å². The van der Waals surface area contributed by atoms with Gasteiger partial charge in [0.05, 0.1) is 38.6 Å². The molecule has 0 unspecified atom stereocenters. The van der Waals surface area contributed by atoms with Crippen LogP contribution in [-0.4, -0.2) is 58.3 Å². The summed E-state index contributed by atoms with van der Waals surface area (Å²) in [6, 6.07) is 23.9. The van der Waals surface area contributed by atoms with Crippen LogP contribution in [0.5, 0.6) is 0 Å². The minimum Gasteiger partial charge on any atom is -0.460 e. The summed E-state index contributed by atoms with van der Waals surface area (Å²) >= 11 is 0. The van der Waals surface area contributed by atoms with Crippen molar-refractivity contribution >= 4 is 29.1 Å². The van der Waals surface area contributed by atoms with E-state index in [1.54, 1.807) is 0 Å². The van der Waals surface area contributed by atoms with Crippen molar-refractivity contribution in [2.75, 3.05) is 46.2 Å². The molecule has 3 aromatic carbocycles. The number of carbonyl (C=O) groups excluding carboxylic acids is 1. The Hall–Kier alpha value is -2.48. The number of carbonyl (C=O) groups is 1. The molecule has 1 N–H and O–H groups in total. The molecular weight excluding hydrogens is 526 g/mol. The van der Waals surface area contributed by atoms with Gasteiger partial charge >= 0.3 is 5.97 Å². The average Bonchev–Trinajstić information content (AvgIpc) is 2.98. The number of benzene rings is 3. The molecule has 0 saturated heterocycles. The molecule has 4 rings (SSSR count). The van der Waals surface area contributed by atoms with E-state index < -0.39 is 0 Å². The molecule has 0 aromatic heterocycles. The molecule has 1 fully saturated rings. The fourth-order valence-electron chi connectivity index (χ4n) is 5.47. The topological polar surface area (TPSA) is 66.0 Å². The van der Waals surface area contributed by atoms with Gasteiger partial charge in [-0.1, -0.05) is 61.0 Å². The Morgan fingerprint density at radius 1 is 0.850 bits per heavy atom. The summed E-state index contributed by atoms with van der Waals surface area (Å²) in [6.45, 7) is 7.63. The number of halogens is 1. The molecule has 40 heavy (non-hydrogen) atoms. The van der Waals surface area contributed by atoms with Crippen molar-refractivity contribution in [3.63, 3.8) is 0 Å². The van der Waals surface area contributed by atoms with Gasteiger partial charge in [0.15, 0.2) is 0 Å². The molecule has 0 aliphatic heterocycles. The maximum Gasteiger partial charge on any atom is 0.338 e. The number of hydrogen-bond acceptors (Lipinski definition) is 6. The van der Waals surface area contributed by atoms with Crippen LogP contribution in [0.1, 0.15) is 73.0 Å². The third-order valence-corrected chi connectivity index (χ3v) is 7.48. The average molecular weight is 570 g/mol. The summed E-state index contributed by atoms with van der Waals surface area (Å²) in [5.41, 5.74) is 3.23. The van der Waals surface area contributed by atoms with Crippen molar-refractivity contribution in [1.82, 2.24) is 5.32 Å². The third kappa shape index (κ3) is 9.57. The highest BCUT2D eigenvalue weighted by Gasteiger charge is 2.25. The summed E-state index contributed by atoms with van der Waals surface area (Å²) in [5, 5.41) is 6.52. The number of hydrogen-bond donors (Lipinski definition) is 1. The zero-order valence-corrected chi connectivity index (χ0v) is 24.6. The lowest BCUT2D eigenvalue weighted by atomic mass is 9.81. The summed E-state index contributed by atoms with van der Waals surface area (Å²) in [7, 11) is 0. The highest BCUT2D eigenvalue weighted by Crippen LogP contribution is 2.34. The molecule has 7 heteroatoms. The van der Waals surface area contributed by atoms with Crippen LogP contribution in [-0.2, 0) is 18.9 Å². The second-order valence-electron chi connectivity index (χ2n) is 10.2. The first-order valence-corrected chi connectivity index (χ1v) is 14.4. The van der Waals surface area contributed by atoms with Crippen LogP contribution in [0.3, 0.4) is 0 Å². The van der Waals surface area contributed by atoms with E-state index in [1.165, 1.54) is 41.2 Å². The summed E-state index contributed by atoms with van der Waals surface area (Å²) < 4.78 is 21.4. The summed E-state index contributed by atoms with van der Waals surface area (Å²) in [6.07, 6.45) is 4.67. The van der Waals surface area contributed by atoms with Crippen molar-refractivity contribution in [1.29, 1.82) is 0 Å². The Bertz CT molecular complexity index is 1150. The van der Waals surface area contributed by atoms with Crippen LogP contribution in [0, 0.1) is 0 Å². The first-order chi connectivity index (χ1) is 19.2. The lowest BCUT2D eigenvalue weighted by Crippen LogP contribution is -2.35. The molecule has 1 aliphatic rings. The van der Waals surface area contributed by atoms with E-state index in [4.69, 9.17) is 18.9 Å². The Morgan fingerprint density at radius 3 is 2.27 bits per heavy atom. The molecule has 6 nitrogen and oxygen atoms in total. The van der Waals surface area contributed by atoms with Crippen molar-refractivity contribution in [2.24, 2.45) is 0 Å². The van der Waals surface area contributed by atoms with E-state index in [2.05, 4.69) is 66.8 Å². The number of ether oxygens (including phenoxy) is 4. The van der Waals surface area contributed by atoms with Gasteiger partial charge in [0.25, 0.3) is 0 Å². The van der Waals surface area contributed by atoms with Gasteiger partial charge in [-0.15, -0.1) is 12.4 Å². The second kappa shape index (κ2) is 17.4. The highest BCUT2D eigenvalue weighted by atomic mass is 35.5. The fourth-order valence-corrected chi connectivity index (χ4v) is 5.47. The molecule has 1 aliphatic carbocycles. The molecule has 1 saturated carbocycles. The van der Waals surface area contributed by atoms with Crippen molar-refractivity contribution in [2.45, 2.75) is 57.5 Å². The van der Waals surface area contributed by atoms with Crippen molar-refractivity contribution < 1.29 is 23.7 Å². The Labute approximate surface area is 245 Å². The predicted octanol–water partition coefficient (Wildman–Crippen LogP) is 6.87. The highest BCUT2D eigenvalue weighted by molar-refractivity contribution is 5.89. The summed E-state index contributed by atoms with van der Waals surface area (Å²) in [4.78, 5) is 12.4. The van der Waals surface area contributed by atoms with Gasteiger partial charge in [0, 0.05) is 18.7 Å². The van der Waals surface area contributed by atoms with Crippen LogP contribution in [0.2, 0.25) is 0 Å². The maximum absolute atomic E-state index is 12.4. The second-order valence-corrected chi connectivity index (χ2v) is 10.2. The lowest BCUT2D eigenvalue weighted by molar-refractivity contribution is 0.00180. The molecule has 218 valence electrons. The number of esters is 1. The molecule has 3 aromatic rings. The number of nitrogens with one attached hydrogen (secondary N) is 1. The quantitative estimate of drug-likeness (QED) is 0.159. The molecule has 0 bridgehead atoms. The molecule has 0 amide bonds. The standard InChI is InChI=1S/C33H43NO5.ClH/c1-3-36-18-19-37-20-21-38-22-23-39-33(35)28-16-14-26(15-17-28)29-10-6-11-30(24-29)34-25(2)31-13-7-9-27-8-4-5-12-32(27)31;/h4-5,7-9,12-17,25,29-30,34H,3,6,10-11,18-24H2,1-2H3;1H/t25-,29+,30+;/m1./s1. The lowest BCUT2D eigenvalue weighted by Gasteiger charge is -2.32. The van der Waals surface area contributed by atoms with Crippen molar-refractivity contribution in [3.8, 4) is 0 Å². The van der Waals surface area contributed by atoms with Gasteiger partial charge in [-0.25, -0.2) is 4.79 Å². The van der Waals surface area contributed by atoms with Crippen molar-refractivity contribution in [3.05, 3.63) is 83.4 Å². The molecular formula is C33H44ClNO5. The first-order valence-electron chi connectivity index (χ1n) is 14.4. The van der Waals surface area contributed by atoms with E-state index >= 15 is 0 Å². The van der Waals surface area contributed by atoms with E-state index in [1.807, 2.05) is 19.1 Å². The molecule has 0 heterocycles. The Morgan fingerprint density at radius 2 is 1.52 bits per heavy atom. The van der Waals surface area contributed by atoms with Gasteiger partial charge in [0.2, 0.25) is 0 Å². The maximum atomic E-state index is 12.4. The largest absolute Gasteiger partial charge is 0.460 e. The molecule has 0 spiro atoms.